The minimum atomic E-state index is -0.250. The second-order valence-electron chi connectivity index (χ2n) is 2.30. The number of nitriles is 1. The zero-order valence-corrected chi connectivity index (χ0v) is 6.15. The van der Waals surface area contributed by atoms with Gasteiger partial charge >= 0.3 is 0 Å². The largest absolute Gasteiger partial charge is 0.329 e. The van der Waals surface area contributed by atoms with Gasteiger partial charge in [-0.05, 0) is 12.8 Å². The molecule has 0 aliphatic rings. The molecule has 0 radical (unpaired) electrons. The van der Waals surface area contributed by atoms with Crippen molar-refractivity contribution >= 4 is 0 Å². The Bertz CT molecular complexity index is 100. The van der Waals surface area contributed by atoms with E-state index >= 15 is 0 Å². The summed E-state index contributed by atoms with van der Waals surface area (Å²) in [6.45, 7) is 4.48. The first-order chi connectivity index (χ1) is 4.24. The first-order valence-electron chi connectivity index (χ1n) is 3.36. The predicted octanol–water partition coefficient (Wildman–Crippen LogP) is 1.28. The van der Waals surface area contributed by atoms with Crippen LogP contribution in [0.15, 0.2) is 0 Å². The Kier molecular flexibility index (Phi) is 3.26. The highest BCUT2D eigenvalue weighted by molar-refractivity contribution is 4.97. The molecule has 0 heterocycles. The molecule has 0 aliphatic heterocycles. The van der Waals surface area contributed by atoms with E-state index in [1.807, 2.05) is 13.8 Å². The van der Waals surface area contributed by atoms with Crippen LogP contribution in [0.4, 0.5) is 0 Å². The van der Waals surface area contributed by atoms with Crippen molar-refractivity contribution in [2.45, 2.75) is 26.7 Å². The fraction of sp³-hybridized carbons (Fsp3) is 0.857. The Morgan fingerprint density at radius 3 is 1.89 bits per heavy atom. The van der Waals surface area contributed by atoms with E-state index < -0.39 is 0 Å². The van der Waals surface area contributed by atoms with Crippen LogP contribution in [0.2, 0.25) is 0 Å². The van der Waals surface area contributed by atoms with E-state index in [1.165, 1.54) is 0 Å². The minimum Gasteiger partial charge on any atom is -0.329 e. The Hall–Kier alpha value is -0.550. The molecule has 9 heavy (non-hydrogen) atoms. The Balaban J connectivity index is 4.04. The molecule has 0 fully saturated rings. The zero-order valence-electron chi connectivity index (χ0n) is 6.15. The number of nitrogens with two attached hydrogens (primary N) is 1. The van der Waals surface area contributed by atoms with Gasteiger partial charge < -0.3 is 5.73 Å². The summed E-state index contributed by atoms with van der Waals surface area (Å²) in [7, 11) is 0. The normalized spacial score (nSPS) is 10.9. The second-order valence-corrected chi connectivity index (χ2v) is 2.30. The molecule has 0 amide bonds. The lowest BCUT2D eigenvalue weighted by Gasteiger charge is -2.19. The van der Waals surface area contributed by atoms with Gasteiger partial charge in [0.25, 0.3) is 0 Å². The zero-order chi connectivity index (χ0) is 7.33. The summed E-state index contributed by atoms with van der Waals surface area (Å²) in [6.07, 6.45) is 1.72. The van der Waals surface area contributed by atoms with Gasteiger partial charge in [-0.25, -0.2) is 0 Å². The van der Waals surface area contributed by atoms with Crippen molar-refractivity contribution in [2.24, 2.45) is 11.1 Å². The van der Waals surface area contributed by atoms with Crippen LogP contribution >= 0.6 is 0 Å². The molecule has 0 spiro atoms. The van der Waals surface area contributed by atoms with Gasteiger partial charge in [-0.3, -0.25) is 0 Å². The maximum Gasteiger partial charge on any atom is 0.0702 e. The highest BCUT2D eigenvalue weighted by Crippen LogP contribution is 2.22. The third-order valence-electron chi connectivity index (χ3n) is 1.98. The molecule has 0 aromatic heterocycles. The molecule has 0 saturated carbocycles. The minimum absolute atomic E-state index is 0.250. The summed E-state index contributed by atoms with van der Waals surface area (Å²) in [5, 5.41) is 8.65. The summed E-state index contributed by atoms with van der Waals surface area (Å²) in [5.74, 6) is 0. The molecule has 0 unspecified atom stereocenters. The van der Waals surface area contributed by atoms with Crippen molar-refractivity contribution < 1.29 is 0 Å². The van der Waals surface area contributed by atoms with Crippen molar-refractivity contribution in [3.8, 4) is 6.07 Å². The summed E-state index contributed by atoms with van der Waals surface area (Å²) in [5.41, 5.74) is 5.17. The Morgan fingerprint density at radius 2 is 1.89 bits per heavy atom. The molecule has 2 N–H and O–H groups in total. The van der Waals surface area contributed by atoms with Crippen LogP contribution in [-0.4, -0.2) is 6.54 Å². The molecule has 0 bridgehead atoms. The molecule has 2 nitrogen and oxygen atoms in total. The Labute approximate surface area is 56.7 Å². The molecule has 0 rings (SSSR count). The number of hydrogen-bond acceptors (Lipinski definition) is 2. The summed E-state index contributed by atoms with van der Waals surface area (Å²) < 4.78 is 0. The topological polar surface area (TPSA) is 49.8 Å². The molecule has 0 aliphatic carbocycles. The molecular formula is C7H14N2. The summed E-state index contributed by atoms with van der Waals surface area (Å²) in [6, 6.07) is 2.24. The fourth-order valence-corrected chi connectivity index (χ4v) is 0.742. The standard InChI is InChI=1S/C7H14N2/c1-3-7(4-2,5-8)6-9/h3-5,8H2,1-2H3. The quantitative estimate of drug-likeness (QED) is 0.619. The van der Waals surface area contributed by atoms with Gasteiger partial charge in [0.1, 0.15) is 0 Å². The van der Waals surface area contributed by atoms with E-state index in [9.17, 15) is 0 Å². The lowest BCUT2D eigenvalue weighted by Crippen LogP contribution is -2.27. The van der Waals surface area contributed by atoms with E-state index in [1.54, 1.807) is 0 Å². The van der Waals surface area contributed by atoms with E-state index in [-0.39, 0.29) is 5.41 Å². The average Bonchev–Trinajstić information content (AvgIpc) is 1.95. The van der Waals surface area contributed by atoms with Gasteiger partial charge in [-0.2, -0.15) is 5.26 Å². The lowest BCUT2D eigenvalue weighted by atomic mass is 9.84. The van der Waals surface area contributed by atoms with Gasteiger partial charge in [0, 0.05) is 6.54 Å². The molecule has 0 aromatic carbocycles. The van der Waals surface area contributed by atoms with E-state index in [0.29, 0.717) is 6.54 Å². The van der Waals surface area contributed by atoms with Gasteiger partial charge in [-0.1, -0.05) is 13.8 Å². The Morgan fingerprint density at radius 1 is 1.44 bits per heavy atom. The highest BCUT2D eigenvalue weighted by Gasteiger charge is 2.22. The SMILES string of the molecule is CCC(C#N)(CC)CN. The molecular weight excluding hydrogens is 112 g/mol. The van der Waals surface area contributed by atoms with Crippen LogP contribution in [0, 0.1) is 16.7 Å². The van der Waals surface area contributed by atoms with Crippen LogP contribution in [-0.2, 0) is 0 Å². The molecule has 0 aromatic rings. The first-order valence-corrected chi connectivity index (χ1v) is 3.36. The predicted molar refractivity (Wildman–Crippen MR) is 37.7 cm³/mol. The number of hydrogen-bond donors (Lipinski definition) is 1. The molecule has 2 heteroatoms. The van der Waals surface area contributed by atoms with Gasteiger partial charge in [0.2, 0.25) is 0 Å². The van der Waals surface area contributed by atoms with Crippen molar-refractivity contribution in [3.63, 3.8) is 0 Å². The first kappa shape index (κ1) is 8.45. The molecule has 52 valence electrons. The summed E-state index contributed by atoms with van der Waals surface area (Å²) >= 11 is 0. The number of nitrogens with zero attached hydrogens (tertiary/aromatic N) is 1. The van der Waals surface area contributed by atoms with Crippen molar-refractivity contribution in [3.05, 3.63) is 0 Å². The third kappa shape index (κ3) is 1.69. The monoisotopic (exact) mass is 126 g/mol. The van der Waals surface area contributed by atoms with Crippen molar-refractivity contribution in [2.75, 3.05) is 6.54 Å². The van der Waals surface area contributed by atoms with Gasteiger partial charge in [0.05, 0.1) is 11.5 Å². The lowest BCUT2D eigenvalue weighted by molar-refractivity contribution is 0.378. The average molecular weight is 126 g/mol. The van der Waals surface area contributed by atoms with E-state index in [4.69, 9.17) is 11.0 Å². The van der Waals surface area contributed by atoms with E-state index in [0.717, 1.165) is 12.8 Å². The van der Waals surface area contributed by atoms with Crippen LogP contribution in [0.1, 0.15) is 26.7 Å². The maximum absolute atomic E-state index is 8.65. The third-order valence-corrected chi connectivity index (χ3v) is 1.98. The number of rotatable bonds is 3. The van der Waals surface area contributed by atoms with Gasteiger partial charge in [-0.15, -0.1) is 0 Å². The second kappa shape index (κ2) is 3.47. The smallest absolute Gasteiger partial charge is 0.0702 e. The summed E-state index contributed by atoms with van der Waals surface area (Å²) in [4.78, 5) is 0. The highest BCUT2D eigenvalue weighted by atomic mass is 14.6. The van der Waals surface area contributed by atoms with Crippen molar-refractivity contribution in [1.82, 2.24) is 0 Å². The van der Waals surface area contributed by atoms with Crippen LogP contribution in [0.25, 0.3) is 0 Å². The fourth-order valence-electron chi connectivity index (χ4n) is 0.742. The van der Waals surface area contributed by atoms with Crippen LogP contribution in [0.3, 0.4) is 0 Å². The van der Waals surface area contributed by atoms with Crippen LogP contribution in [0.5, 0.6) is 0 Å². The van der Waals surface area contributed by atoms with E-state index in [2.05, 4.69) is 6.07 Å². The van der Waals surface area contributed by atoms with Gasteiger partial charge in [0.15, 0.2) is 0 Å². The molecule has 0 saturated heterocycles. The van der Waals surface area contributed by atoms with Crippen LogP contribution < -0.4 is 5.73 Å². The van der Waals surface area contributed by atoms with Crippen molar-refractivity contribution in [1.29, 1.82) is 5.26 Å². The molecule has 0 atom stereocenters. The maximum atomic E-state index is 8.65.